The van der Waals surface area contributed by atoms with Gasteiger partial charge in [-0.3, -0.25) is 4.79 Å². The van der Waals surface area contributed by atoms with Gasteiger partial charge in [-0.25, -0.2) is 4.98 Å². The fourth-order valence-electron chi connectivity index (χ4n) is 1.59. The van der Waals surface area contributed by atoms with Gasteiger partial charge in [0.25, 0.3) is 5.91 Å². The van der Waals surface area contributed by atoms with Crippen LogP contribution in [0, 0.1) is 5.92 Å². The fraction of sp³-hybridized carbons (Fsp3) is 0.538. The van der Waals surface area contributed by atoms with E-state index in [1.807, 2.05) is 6.92 Å². The monoisotopic (exact) mass is 269 g/mol. The molecule has 5 heteroatoms. The van der Waals surface area contributed by atoms with Gasteiger partial charge in [0.15, 0.2) is 0 Å². The predicted molar refractivity (Wildman–Crippen MR) is 74.7 cm³/mol. The topological polar surface area (TPSA) is 68.0 Å². The molecule has 1 aromatic heterocycles. The van der Waals surface area contributed by atoms with Gasteiger partial charge in [-0.15, -0.1) is 0 Å². The summed E-state index contributed by atoms with van der Waals surface area (Å²) in [6.07, 6.45) is 3.42. The molecule has 3 N–H and O–H groups in total. The lowest BCUT2D eigenvalue weighted by Crippen LogP contribution is -2.33. The highest BCUT2D eigenvalue weighted by atomic mass is 35.5. The Hall–Kier alpha value is -1.29. The number of nitrogens with two attached hydrogens (primary N) is 1. The Morgan fingerprint density at radius 3 is 2.72 bits per heavy atom. The summed E-state index contributed by atoms with van der Waals surface area (Å²) < 4.78 is 0. The lowest BCUT2D eigenvalue weighted by Gasteiger charge is -2.15. The van der Waals surface area contributed by atoms with E-state index in [0.29, 0.717) is 17.2 Å². The largest absolute Gasteiger partial charge is 0.397 e. The van der Waals surface area contributed by atoms with E-state index in [2.05, 4.69) is 24.1 Å². The molecule has 0 radical (unpaired) electrons. The molecule has 0 saturated carbocycles. The Morgan fingerprint density at radius 1 is 1.44 bits per heavy atom. The van der Waals surface area contributed by atoms with E-state index in [-0.39, 0.29) is 17.1 Å². The summed E-state index contributed by atoms with van der Waals surface area (Å²) in [7, 11) is 0. The Morgan fingerprint density at radius 2 is 2.11 bits per heavy atom. The van der Waals surface area contributed by atoms with E-state index in [1.165, 1.54) is 12.3 Å². The molecule has 1 amide bonds. The second-order valence-corrected chi connectivity index (χ2v) is 5.33. The highest BCUT2D eigenvalue weighted by molar-refractivity contribution is 6.29. The van der Waals surface area contributed by atoms with Crippen LogP contribution < -0.4 is 11.1 Å². The third-order valence-electron chi connectivity index (χ3n) is 2.70. The molecule has 0 aliphatic heterocycles. The first kappa shape index (κ1) is 14.8. The second kappa shape index (κ2) is 6.59. The van der Waals surface area contributed by atoms with E-state index >= 15 is 0 Å². The highest BCUT2D eigenvalue weighted by Gasteiger charge is 2.13. The standard InChI is InChI=1S/C13H20ClN3O/c1-8(2)4-5-9(3)17-13(18)10-6-12(14)16-7-11(10)15/h6-9H,4-5,15H2,1-3H3,(H,17,18). The van der Waals surface area contributed by atoms with E-state index in [0.717, 1.165) is 12.8 Å². The van der Waals surface area contributed by atoms with Crippen LogP contribution in [0.4, 0.5) is 5.69 Å². The van der Waals surface area contributed by atoms with Gasteiger partial charge in [0.2, 0.25) is 0 Å². The van der Waals surface area contributed by atoms with Gasteiger partial charge in [-0.2, -0.15) is 0 Å². The lowest BCUT2D eigenvalue weighted by atomic mass is 10.0. The van der Waals surface area contributed by atoms with Crippen LogP contribution in [0.25, 0.3) is 0 Å². The fourth-order valence-corrected chi connectivity index (χ4v) is 1.75. The number of amides is 1. The van der Waals surface area contributed by atoms with Gasteiger partial charge < -0.3 is 11.1 Å². The zero-order valence-corrected chi connectivity index (χ0v) is 11.8. The van der Waals surface area contributed by atoms with Crippen molar-refractivity contribution in [2.75, 3.05) is 5.73 Å². The van der Waals surface area contributed by atoms with Crippen molar-refractivity contribution in [2.24, 2.45) is 5.92 Å². The van der Waals surface area contributed by atoms with Crippen molar-refractivity contribution in [3.8, 4) is 0 Å². The molecule has 0 aliphatic carbocycles. The van der Waals surface area contributed by atoms with Crippen LogP contribution in [0.2, 0.25) is 5.15 Å². The zero-order valence-electron chi connectivity index (χ0n) is 11.0. The number of nitrogens with one attached hydrogen (secondary N) is 1. The van der Waals surface area contributed by atoms with E-state index in [4.69, 9.17) is 17.3 Å². The van der Waals surface area contributed by atoms with Crippen molar-refractivity contribution in [1.29, 1.82) is 0 Å². The van der Waals surface area contributed by atoms with Crippen molar-refractivity contribution in [1.82, 2.24) is 10.3 Å². The van der Waals surface area contributed by atoms with Crippen LogP contribution in [0.1, 0.15) is 44.0 Å². The number of carbonyl (C=O) groups is 1. The first-order valence-corrected chi connectivity index (χ1v) is 6.49. The van der Waals surface area contributed by atoms with E-state index in [1.54, 1.807) is 0 Å². The minimum Gasteiger partial charge on any atom is -0.397 e. The van der Waals surface area contributed by atoms with Gasteiger partial charge in [0.05, 0.1) is 17.4 Å². The molecule has 0 bridgehead atoms. The van der Waals surface area contributed by atoms with Gasteiger partial charge >= 0.3 is 0 Å². The number of rotatable bonds is 5. The molecule has 1 atom stereocenters. The minimum atomic E-state index is -0.201. The Bertz CT molecular complexity index is 421. The molecule has 1 aromatic rings. The van der Waals surface area contributed by atoms with Crippen molar-refractivity contribution < 1.29 is 4.79 Å². The van der Waals surface area contributed by atoms with Crippen molar-refractivity contribution in [3.63, 3.8) is 0 Å². The summed E-state index contributed by atoms with van der Waals surface area (Å²) in [6.45, 7) is 6.31. The maximum absolute atomic E-state index is 12.0. The number of nitrogens with zero attached hydrogens (tertiary/aromatic N) is 1. The molecule has 1 rings (SSSR count). The van der Waals surface area contributed by atoms with E-state index < -0.39 is 0 Å². The number of anilines is 1. The summed E-state index contributed by atoms with van der Waals surface area (Å²) in [5.74, 6) is 0.429. The average molecular weight is 270 g/mol. The number of hydrogen-bond acceptors (Lipinski definition) is 3. The molecular weight excluding hydrogens is 250 g/mol. The summed E-state index contributed by atoms with van der Waals surface area (Å²) in [5, 5.41) is 3.18. The molecule has 0 saturated heterocycles. The number of carbonyl (C=O) groups excluding carboxylic acids is 1. The van der Waals surface area contributed by atoms with Crippen LogP contribution in [0.15, 0.2) is 12.3 Å². The van der Waals surface area contributed by atoms with Crippen molar-refractivity contribution in [3.05, 3.63) is 23.0 Å². The number of nitrogen functional groups attached to an aromatic ring is 1. The van der Waals surface area contributed by atoms with Crippen LogP contribution in [-0.2, 0) is 0 Å². The molecule has 0 spiro atoms. The third kappa shape index (κ3) is 4.53. The van der Waals surface area contributed by atoms with Crippen molar-refractivity contribution in [2.45, 2.75) is 39.7 Å². The zero-order chi connectivity index (χ0) is 13.7. The van der Waals surface area contributed by atoms with Crippen LogP contribution in [0.3, 0.4) is 0 Å². The molecule has 1 unspecified atom stereocenters. The highest BCUT2D eigenvalue weighted by Crippen LogP contribution is 2.15. The number of pyridine rings is 1. The van der Waals surface area contributed by atoms with Gasteiger partial charge in [-0.1, -0.05) is 25.4 Å². The summed E-state index contributed by atoms with van der Waals surface area (Å²) in [5.41, 5.74) is 6.43. The quantitative estimate of drug-likeness (QED) is 0.808. The molecule has 0 aromatic carbocycles. The van der Waals surface area contributed by atoms with Crippen molar-refractivity contribution >= 4 is 23.2 Å². The second-order valence-electron chi connectivity index (χ2n) is 4.94. The number of halogens is 1. The first-order valence-electron chi connectivity index (χ1n) is 6.12. The lowest BCUT2D eigenvalue weighted by molar-refractivity contribution is 0.0938. The molecule has 0 aliphatic rings. The maximum atomic E-state index is 12.0. The van der Waals surface area contributed by atoms with E-state index in [9.17, 15) is 4.79 Å². The molecule has 18 heavy (non-hydrogen) atoms. The Balaban J connectivity index is 2.62. The van der Waals surface area contributed by atoms with Crippen LogP contribution >= 0.6 is 11.6 Å². The van der Waals surface area contributed by atoms with Gasteiger partial charge in [0, 0.05) is 6.04 Å². The van der Waals surface area contributed by atoms with Crippen LogP contribution in [-0.4, -0.2) is 16.9 Å². The van der Waals surface area contributed by atoms with Gasteiger partial charge in [-0.05, 0) is 31.7 Å². The normalized spacial score (nSPS) is 12.5. The molecule has 4 nitrogen and oxygen atoms in total. The summed E-state index contributed by atoms with van der Waals surface area (Å²) in [6, 6.07) is 1.60. The Kier molecular flexibility index (Phi) is 5.41. The van der Waals surface area contributed by atoms with Crippen LogP contribution in [0.5, 0.6) is 0 Å². The maximum Gasteiger partial charge on any atom is 0.253 e. The molecule has 1 heterocycles. The predicted octanol–water partition coefficient (Wildman–Crippen LogP) is 2.87. The Labute approximate surface area is 113 Å². The number of aromatic nitrogens is 1. The smallest absolute Gasteiger partial charge is 0.253 e. The van der Waals surface area contributed by atoms with Gasteiger partial charge in [0.1, 0.15) is 5.15 Å². The third-order valence-corrected chi connectivity index (χ3v) is 2.91. The average Bonchev–Trinajstić information content (AvgIpc) is 2.29. The molecule has 0 fully saturated rings. The first-order chi connectivity index (χ1) is 8.40. The summed E-state index contributed by atoms with van der Waals surface area (Å²) >= 11 is 5.75. The number of hydrogen-bond donors (Lipinski definition) is 2. The molecule has 100 valence electrons. The molecular formula is C13H20ClN3O. The minimum absolute atomic E-state index is 0.117. The SMILES string of the molecule is CC(C)CCC(C)NC(=O)c1cc(Cl)ncc1N. The summed E-state index contributed by atoms with van der Waals surface area (Å²) in [4.78, 5) is 15.8.